The van der Waals surface area contributed by atoms with Gasteiger partial charge in [-0.3, -0.25) is 4.79 Å². The highest BCUT2D eigenvalue weighted by atomic mass is 19.1. The maximum atomic E-state index is 14.0. The van der Waals surface area contributed by atoms with Crippen LogP contribution in [0.1, 0.15) is 15.9 Å². The van der Waals surface area contributed by atoms with E-state index in [9.17, 15) is 14.0 Å². The number of benzene rings is 1. The normalized spacial score (nSPS) is 18.8. The zero-order valence-electron chi connectivity index (χ0n) is 11.4. The fraction of sp³-hybridized carbons (Fsp3) is 0.429. The van der Waals surface area contributed by atoms with Crippen molar-refractivity contribution in [3.05, 3.63) is 35.1 Å². The number of aryl methyl sites for hydroxylation is 1. The molecule has 1 fully saturated rings. The van der Waals surface area contributed by atoms with Crippen LogP contribution in [0.25, 0.3) is 0 Å². The summed E-state index contributed by atoms with van der Waals surface area (Å²) >= 11 is 0. The van der Waals surface area contributed by atoms with Gasteiger partial charge in [-0.1, -0.05) is 12.1 Å². The van der Waals surface area contributed by atoms with Gasteiger partial charge in [-0.05, 0) is 18.6 Å². The van der Waals surface area contributed by atoms with Crippen LogP contribution in [0, 0.1) is 12.7 Å². The summed E-state index contributed by atoms with van der Waals surface area (Å²) in [7, 11) is 1.26. The first-order valence-electron chi connectivity index (χ1n) is 6.28. The van der Waals surface area contributed by atoms with E-state index in [0.717, 1.165) is 0 Å². The maximum Gasteiger partial charge on any atom is 0.336 e. The second-order valence-corrected chi connectivity index (χ2v) is 4.57. The van der Waals surface area contributed by atoms with E-state index in [0.29, 0.717) is 12.1 Å². The van der Waals surface area contributed by atoms with Crippen molar-refractivity contribution in [3.63, 3.8) is 0 Å². The van der Waals surface area contributed by atoms with Crippen LogP contribution in [0.15, 0.2) is 18.2 Å². The third-order valence-corrected chi connectivity index (χ3v) is 3.24. The van der Waals surface area contributed by atoms with E-state index in [4.69, 9.17) is 4.74 Å². The summed E-state index contributed by atoms with van der Waals surface area (Å²) in [5.74, 6) is -1.51. The minimum Gasteiger partial charge on any atom is -0.467 e. The lowest BCUT2D eigenvalue weighted by molar-refractivity contribution is -0.158. The molecular formula is C14H16FNO4. The summed E-state index contributed by atoms with van der Waals surface area (Å²) in [6.45, 7) is 2.21. The molecule has 1 unspecified atom stereocenters. The van der Waals surface area contributed by atoms with Gasteiger partial charge < -0.3 is 14.4 Å². The van der Waals surface area contributed by atoms with Crippen LogP contribution in [0.2, 0.25) is 0 Å². The average Bonchev–Trinajstić information content (AvgIpc) is 2.48. The molecule has 6 heteroatoms. The van der Waals surface area contributed by atoms with Gasteiger partial charge in [-0.25, -0.2) is 9.18 Å². The molecule has 1 aliphatic heterocycles. The predicted molar refractivity (Wildman–Crippen MR) is 68.8 cm³/mol. The van der Waals surface area contributed by atoms with E-state index in [1.807, 2.05) is 0 Å². The zero-order valence-corrected chi connectivity index (χ0v) is 11.4. The first-order valence-corrected chi connectivity index (χ1v) is 6.28. The molecule has 108 valence electrons. The number of amides is 1. The van der Waals surface area contributed by atoms with Crippen molar-refractivity contribution in [2.24, 2.45) is 0 Å². The third kappa shape index (κ3) is 2.80. The number of nitrogens with zero attached hydrogens (tertiary/aromatic N) is 1. The van der Waals surface area contributed by atoms with Crippen molar-refractivity contribution in [1.82, 2.24) is 4.90 Å². The van der Waals surface area contributed by atoms with E-state index in [1.54, 1.807) is 19.1 Å². The number of carbonyl (C=O) groups is 2. The Balaban J connectivity index is 2.16. The van der Waals surface area contributed by atoms with Gasteiger partial charge in [0, 0.05) is 6.54 Å². The molecule has 0 spiro atoms. The van der Waals surface area contributed by atoms with Crippen LogP contribution in [0.5, 0.6) is 0 Å². The average molecular weight is 281 g/mol. The summed E-state index contributed by atoms with van der Waals surface area (Å²) in [4.78, 5) is 25.1. The van der Waals surface area contributed by atoms with Gasteiger partial charge in [-0.2, -0.15) is 0 Å². The van der Waals surface area contributed by atoms with E-state index in [2.05, 4.69) is 4.74 Å². The van der Waals surface area contributed by atoms with E-state index >= 15 is 0 Å². The molecule has 1 aromatic carbocycles. The second-order valence-electron chi connectivity index (χ2n) is 4.57. The molecule has 1 aromatic rings. The van der Waals surface area contributed by atoms with Crippen LogP contribution in [0.3, 0.4) is 0 Å². The topological polar surface area (TPSA) is 55.8 Å². The maximum absolute atomic E-state index is 14.0. The zero-order chi connectivity index (χ0) is 14.7. The van der Waals surface area contributed by atoms with Crippen molar-refractivity contribution >= 4 is 11.9 Å². The molecule has 0 radical (unpaired) electrons. The quantitative estimate of drug-likeness (QED) is 0.763. The second kappa shape index (κ2) is 6.00. The summed E-state index contributed by atoms with van der Waals surface area (Å²) in [5, 5.41) is 0. The minimum absolute atomic E-state index is 0.00974. The van der Waals surface area contributed by atoms with Gasteiger partial charge in [-0.15, -0.1) is 0 Å². The van der Waals surface area contributed by atoms with Gasteiger partial charge in [0.25, 0.3) is 5.91 Å². The van der Waals surface area contributed by atoms with Gasteiger partial charge in [0.1, 0.15) is 5.82 Å². The summed E-state index contributed by atoms with van der Waals surface area (Å²) in [6.07, 6.45) is -0.814. The Labute approximate surface area is 116 Å². The molecule has 0 N–H and O–H groups in total. The Morgan fingerprint density at radius 2 is 2.20 bits per heavy atom. The molecule has 1 atom stereocenters. The predicted octanol–water partition coefficient (Wildman–Crippen LogP) is 1.15. The van der Waals surface area contributed by atoms with Gasteiger partial charge in [0.15, 0.2) is 6.10 Å². The van der Waals surface area contributed by atoms with Crippen molar-refractivity contribution in [2.45, 2.75) is 13.0 Å². The third-order valence-electron chi connectivity index (χ3n) is 3.24. The molecule has 2 rings (SSSR count). The molecule has 20 heavy (non-hydrogen) atoms. The fourth-order valence-corrected chi connectivity index (χ4v) is 2.09. The Bertz CT molecular complexity index is 532. The van der Waals surface area contributed by atoms with E-state index in [-0.39, 0.29) is 18.7 Å². The first-order chi connectivity index (χ1) is 9.54. The molecule has 0 bridgehead atoms. The standard InChI is InChI=1S/C14H16FNO4/c1-9-4-3-5-10(12(9)15)13(17)16-6-7-20-11(8-16)14(18)19-2/h3-5,11H,6-8H2,1-2H3. The summed E-state index contributed by atoms with van der Waals surface area (Å²) < 4.78 is 23.8. The van der Waals surface area contributed by atoms with Crippen molar-refractivity contribution in [1.29, 1.82) is 0 Å². The Morgan fingerprint density at radius 3 is 2.90 bits per heavy atom. The smallest absolute Gasteiger partial charge is 0.336 e. The highest BCUT2D eigenvalue weighted by Gasteiger charge is 2.31. The van der Waals surface area contributed by atoms with Crippen molar-refractivity contribution in [2.75, 3.05) is 26.8 Å². The molecular weight excluding hydrogens is 265 g/mol. The highest BCUT2D eigenvalue weighted by Crippen LogP contribution is 2.16. The van der Waals surface area contributed by atoms with E-state index in [1.165, 1.54) is 18.1 Å². The first kappa shape index (κ1) is 14.5. The number of hydrogen-bond acceptors (Lipinski definition) is 4. The lowest BCUT2D eigenvalue weighted by Crippen LogP contribution is -2.49. The number of carbonyl (C=O) groups excluding carboxylic acids is 2. The number of halogens is 1. The Kier molecular flexibility index (Phi) is 4.34. The molecule has 0 saturated carbocycles. The summed E-state index contributed by atoms with van der Waals surface area (Å²) in [6, 6.07) is 4.67. The molecule has 1 heterocycles. The molecule has 5 nitrogen and oxygen atoms in total. The molecule has 1 aliphatic rings. The fourth-order valence-electron chi connectivity index (χ4n) is 2.09. The monoisotopic (exact) mass is 281 g/mol. The molecule has 0 aliphatic carbocycles. The SMILES string of the molecule is COC(=O)C1CN(C(=O)c2cccc(C)c2F)CCO1. The number of rotatable bonds is 2. The number of morpholine rings is 1. The van der Waals surface area contributed by atoms with Crippen LogP contribution in [0.4, 0.5) is 4.39 Å². The van der Waals surface area contributed by atoms with Gasteiger partial charge in [0.05, 0.1) is 25.8 Å². The summed E-state index contributed by atoms with van der Waals surface area (Å²) in [5.41, 5.74) is 0.421. The lowest BCUT2D eigenvalue weighted by Gasteiger charge is -2.31. The van der Waals surface area contributed by atoms with Gasteiger partial charge >= 0.3 is 5.97 Å². The number of hydrogen-bond donors (Lipinski definition) is 0. The highest BCUT2D eigenvalue weighted by molar-refractivity contribution is 5.95. The van der Waals surface area contributed by atoms with Crippen LogP contribution in [-0.2, 0) is 14.3 Å². The Hall–Kier alpha value is -1.95. The van der Waals surface area contributed by atoms with Crippen molar-refractivity contribution < 1.29 is 23.5 Å². The minimum atomic E-state index is -0.814. The lowest BCUT2D eigenvalue weighted by atomic mass is 10.1. The van der Waals surface area contributed by atoms with Crippen LogP contribution >= 0.6 is 0 Å². The number of methoxy groups -OCH3 is 1. The number of esters is 1. The molecule has 1 saturated heterocycles. The van der Waals surface area contributed by atoms with Crippen molar-refractivity contribution in [3.8, 4) is 0 Å². The van der Waals surface area contributed by atoms with Crippen LogP contribution < -0.4 is 0 Å². The molecule has 1 amide bonds. The molecule has 0 aromatic heterocycles. The number of ether oxygens (including phenoxy) is 2. The Morgan fingerprint density at radius 1 is 1.45 bits per heavy atom. The largest absolute Gasteiger partial charge is 0.467 e. The van der Waals surface area contributed by atoms with Crippen LogP contribution in [-0.4, -0.2) is 49.7 Å². The van der Waals surface area contributed by atoms with Gasteiger partial charge in [0.2, 0.25) is 0 Å². The van der Waals surface area contributed by atoms with E-state index < -0.39 is 23.8 Å².